The van der Waals surface area contributed by atoms with Crippen LogP contribution < -0.4 is 15.5 Å². The number of hydrogen-bond donors (Lipinski definition) is 2. The molecule has 0 unspecified atom stereocenters. The molecule has 0 aliphatic carbocycles. The maximum Gasteiger partial charge on any atom is 0.151 e. The van der Waals surface area contributed by atoms with E-state index in [1.165, 1.54) is 32.0 Å². The zero-order valence-electron chi connectivity index (χ0n) is 16.1. The molecule has 144 valence electrons. The van der Waals surface area contributed by atoms with E-state index in [0.717, 1.165) is 47.5 Å². The van der Waals surface area contributed by atoms with Gasteiger partial charge in [-0.1, -0.05) is 25.0 Å². The van der Waals surface area contributed by atoms with Crippen LogP contribution in [0.1, 0.15) is 25.7 Å². The highest BCUT2D eigenvalue weighted by Gasteiger charge is 2.12. The van der Waals surface area contributed by atoms with Gasteiger partial charge >= 0.3 is 0 Å². The number of hydrogen-bond acceptors (Lipinski definition) is 7. The molecule has 2 aromatic heterocycles. The van der Waals surface area contributed by atoms with Gasteiger partial charge < -0.3 is 15.5 Å². The minimum Gasteiger partial charge on any atom is -0.373 e. The first-order chi connectivity index (χ1) is 13.8. The van der Waals surface area contributed by atoms with Crippen LogP contribution in [0.4, 0.5) is 23.1 Å². The lowest BCUT2D eigenvalue weighted by atomic mass is 10.1. The molecule has 4 rings (SSSR count). The van der Waals surface area contributed by atoms with Crippen LogP contribution in [0.3, 0.4) is 0 Å². The Balaban J connectivity index is 1.50. The van der Waals surface area contributed by atoms with Gasteiger partial charge in [0.05, 0.1) is 5.69 Å². The summed E-state index contributed by atoms with van der Waals surface area (Å²) in [5.41, 5.74) is 2.82. The topological polar surface area (TPSA) is 78.9 Å². The summed E-state index contributed by atoms with van der Waals surface area (Å²) in [4.78, 5) is 10.7. The zero-order chi connectivity index (χ0) is 19.2. The van der Waals surface area contributed by atoms with E-state index in [4.69, 9.17) is 0 Å². The number of nitrogens with zero attached hydrogens (tertiary/aromatic N) is 5. The van der Waals surface area contributed by atoms with Crippen molar-refractivity contribution in [3.8, 4) is 11.3 Å². The molecule has 7 nitrogen and oxygen atoms in total. The van der Waals surface area contributed by atoms with Gasteiger partial charge in [-0.15, -0.1) is 10.2 Å². The number of anilines is 4. The fourth-order valence-corrected chi connectivity index (χ4v) is 3.41. The quantitative estimate of drug-likeness (QED) is 0.695. The summed E-state index contributed by atoms with van der Waals surface area (Å²) < 4.78 is 0. The predicted molar refractivity (Wildman–Crippen MR) is 113 cm³/mol. The zero-order valence-corrected chi connectivity index (χ0v) is 16.1. The van der Waals surface area contributed by atoms with Gasteiger partial charge in [-0.25, -0.2) is 9.97 Å². The normalized spacial score (nSPS) is 14.4. The van der Waals surface area contributed by atoms with E-state index >= 15 is 0 Å². The van der Waals surface area contributed by atoms with Crippen LogP contribution in [0, 0.1) is 0 Å². The van der Waals surface area contributed by atoms with Crippen LogP contribution in [-0.2, 0) is 0 Å². The maximum atomic E-state index is 4.48. The molecule has 1 aliphatic rings. The molecule has 7 heteroatoms. The minimum absolute atomic E-state index is 0.735. The maximum absolute atomic E-state index is 4.48. The Bertz CT molecular complexity index is 903. The van der Waals surface area contributed by atoms with Gasteiger partial charge in [0.25, 0.3) is 0 Å². The van der Waals surface area contributed by atoms with Gasteiger partial charge in [0.2, 0.25) is 0 Å². The first kappa shape index (κ1) is 18.2. The Morgan fingerprint density at radius 2 is 1.68 bits per heavy atom. The Hall–Kier alpha value is -3.22. The van der Waals surface area contributed by atoms with Gasteiger partial charge in [0, 0.05) is 37.5 Å². The molecular weight excluding hydrogens is 350 g/mol. The summed E-state index contributed by atoms with van der Waals surface area (Å²) in [7, 11) is 1.83. The molecule has 3 heterocycles. The van der Waals surface area contributed by atoms with E-state index < -0.39 is 0 Å². The van der Waals surface area contributed by atoms with Crippen molar-refractivity contribution in [2.45, 2.75) is 25.7 Å². The predicted octanol–water partition coefficient (Wildman–Crippen LogP) is 4.10. The monoisotopic (exact) mass is 375 g/mol. The molecule has 1 fully saturated rings. The van der Waals surface area contributed by atoms with Crippen molar-refractivity contribution in [1.82, 2.24) is 20.2 Å². The Kier molecular flexibility index (Phi) is 5.61. The third-order valence-corrected chi connectivity index (χ3v) is 4.93. The summed E-state index contributed by atoms with van der Waals surface area (Å²) in [5, 5.41) is 15.3. The van der Waals surface area contributed by atoms with Gasteiger partial charge in [-0.2, -0.15) is 0 Å². The SMILES string of the molecule is CNc1cc(Nc2cccc(-c3ccc(N4CCCCCC4)nn3)c2)ncn1. The standard InChI is InChI=1S/C21H25N7/c1-22-19-14-20(24-15-23-19)25-17-8-6-7-16(13-17)18-9-10-21(27-26-18)28-11-4-2-3-5-12-28/h6-10,13-15H,2-5,11-12H2,1H3,(H2,22,23,24,25). The lowest BCUT2D eigenvalue weighted by Gasteiger charge is -2.20. The summed E-state index contributed by atoms with van der Waals surface area (Å²) >= 11 is 0. The van der Waals surface area contributed by atoms with Crippen molar-refractivity contribution in [3.05, 3.63) is 48.8 Å². The average molecular weight is 375 g/mol. The van der Waals surface area contributed by atoms with Crippen molar-refractivity contribution in [3.63, 3.8) is 0 Å². The Labute approximate surface area is 165 Å². The van der Waals surface area contributed by atoms with Crippen molar-refractivity contribution in [2.75, 3.05) is 35.7 Å². The fourth-order valence-electron chi connectivity index (χ4n) is 3.41. The lowest BCUT2D eigenvalue weighted by molar-refractivity contribution is 0.726. The number of benzene rings is 1. The summed E-state index contributed by atoms with van der Waals surface area (Å²) in [6.45, 7) is 2.14. The smallest absolute Gasteiger partial charge is 0.151 e. The van der Waals surface area contributed by atoms with Crippen LogP contribution in [0.25, 0.3) is 11.3 Å². The number of rotatable bonds is 5. The van der Waals surface area contributed by atoms with Gasteiger partial charge in [0.1, 0.15) is 18.0 Å². The molecule has 1 aliphatic heterocycles. The van der Waals surface area contributed by atoms with Crippen LogP contribution >= 0.6 is 0 Å². The Morgan fingerprint density at radius 1 is 0.857 bits per heavy atom. The number of aromatic nitrogens is 4. The van der Waals surface area contributed by atoms with Crippen molar-refractivity contribution in [1.29, 1.82) is 0 Å². The molecule has 0 radical (unpaired) electrons. The van der Waals surface area contributed by atoms with Gasteiger partial charge in [-0.3, -0.25) is 0 Å². The molecule has 3 aromatic rings. The van der Waals surface area contributed by atoms with Crippen molar-refractivity contribution < 1.29 is 0 Å². The average Bonchev–Trinajstić information content (AvgIpc) is 3.04. The van der Waals surface area contributed by atoms with Gasteiger partial charge in [0.15, 0.2) is 5.82 Å². The second-order valence-electron chi connectivity index (χ2n) is 6.92. The Morgan fingerprint density at radius 3 is 2.43 bits per heavy atom. The second kappa shape index (κ2) is 8.65. The first-order valence-electron chi connectivity index (χ1n) is 9.78. The molecule has 0 saturated carbocycles. The van der Waals surface area contributed by atoms with Crippen LogP contribution in [0.5, 0.6) is 0 Å². The van der Waals surface area contributed by atoms with Crippen LogP contribution in [0.2, 0.25) is 0 Å². The van der Waals surface area contributed by atoms with E-state index in [-0.39, 0.29) is 0 Å². The lowest BCUT2D eigenvalue weighted by Crippen LogP contribution is -2.25. The summed E-state index contributed by atoms with van der Waals surface area (Å²) in [6.07, 6.45) is 6.61. The summed E-state index contributed by atoms with van der Waals surface area (Å²) in [5.74, 6) is 2.48. The third kappa shape index (κ3) is 4.36. The highest BCUT2D eigenvalue weighted by Crippen LogP contribution is 2.24. The molecule has 0 spiro atoms. The highest BCUT2D eigenvalue weighted by atomic mass is 15.3. The van der Waals surface area contributed by atoms with E-state index in [1.807, 2.05) is 31.3 Å². The van der Waals surface area contributed by atoms with E-state index in [0.29, 0.717) is 0 Å². The summed E-state index contributed by atoms with van der Waals surface area (Å²) in [6, 6.07) is 14.1. The minimum atomic E-state index is 0.735. The molecule has 0 amide bonds. The molecular formula is C21H25N7. The highest BCUT2D eigenvalue weighted by molar-refractivity contribution is 5.68. The van der Waals surface area contributed by atoms with Crippen LogP contribution in [0.15, 0.2) is 48.8 Å². The van der Waals surface area contributed by atoms with Crippen molar-refractivity contribution in [2.24, 2.45) is 0 Å². The molecule has 1 aromatic carbocycles. The molecule has 0 atom stereocenters. The fraction of sp³-hybridized carbons (Fsp3) is 0.333. The van der Waals surface area contributed by atoms with Gasteiger partial charge in [-0.05, 0) is 37.1 Å². The molecule has 28 heavy (non-hydrogen) atoms. The van der Waals surface area contributed by atoms with E-state index in [1.54, 1.807) is 0 Å². The third-order valence-electron chi connectivity index (χ3n) is 4.93. The van der Waals surface area contributed by atoms with E-state index in [9.17, 15) is 0 Å². The number of nitrogens with one attached hydrogen (secondary N) is 2. The molecule has 1 saturated heterocycles. The van der Waals surface area contributed by atoms with Crippen molar-refractivity contribution >= 4 is 23.1 Å². The first-order valence-corrected chi connectivity index (χ1v) is 9.78. The molecule has 0 bridgehead atoms. The van der Waals surface area contributed by atoms with E-state index in [2.05, 4.69) is 53.9 Å². The van der Waals surface area contributed by atoms with Crippen LogP contribution in [-0.4, -0.2) is 40.3 Å². The molecule has 2 N–H and O–H groups in total. The largest absolute Gasteiger partial charge is 0.373 e. The second-order valence-corrected chi connectivity index (χ2v) is 6.92.